The molecule has 2 aromatic heterocycles. The van der Waals surface area contributed by atoms with Gasteiger partial charge in [-0.05, 0) is 43.7 Å². The molecule has 1 saturated heterocycles. The number of nitrogens with zero attached hydrogens (tertiary/aromatic N) is 6. The van der Waals surface area contributed by atoms with E-state index in [-0.39, 0.29) is 23.1 Å². The average Bonchev–Trinajstić information content (AvgIpc) is 2.78. The third kappa shape index (κ3) is 3.85. The first-order valence-corrected chi connectivity index (χ1v) is 10.8. The van der Waals surface area contributed by atoms with Crippen LogP contribution in [0.25, 0.3) is 11.0 Å². The Morgan fingerprint density at radius 3 is 2.66 bits per heavy atom. The molecule has 0 N–H and O–H groups in total. The van der Waals surface area contributed by atoms with Gasteiger partial charge in [0.15, 0.2) is 17.5 Å². The van der Waals surface area contributed by atoms with E-state index in [0.29, 0.717) is 42.0 Å². The summed E-state index contributed by atoms with van der Waals surface area (Å²) in [5, 5.41) is 9.45. The second kappa shape index (κ2) is 8.53. The van der Waals surface area contributed by atoms with E-state index in [1.807, 2.05) is 24.8 Å². The van der Waals surface area contributed by atoms with Crippen molar-refractivity contribution < 1.29 is 8.78 Å². The third-order valence-corrected chi connectivity index (χ3v) is 6.51. The zero-order valence-electron chi connectivity index (χ0n) is 18.0. The van der Waals surface area contributed by atoms with Crippen molar-refractivity contribution in [2.45, 2.75) is 25.9 Å². The monoisotopic (exact) mass is 456 g/mol. The maximum Gasteiger partial charge on any atom is 0.349 e. The van der Waals surface area contributed by atoms with Gasteiger partial charge in [0.2, 0.25) is 0 Å². The van der Waals surface area contributed by atoms with Crippen molar-refractivity contribution in [1.82, 2.24) is 19.4 Å². The molecule has 3 atom stereocenters. The third-order valence-electron chi connectivity index (χ3n) is 6.09. The van der Waals surface area contributed by atoms with E-state index in [2.05, 4.69) is 24.1 Å². The lowest BCUT2D eigenvalue weighted by Crippen LogP contribution is -2.53. The molecule has 3 unspecified atom stereocenters. The topological polar surface area (TPSA) is 78.0 Å². The molecule has 1 aliphatic heterocycles. The Hall–Kier alpha value is -2.95. The van der Waals surface area contributed by atoms with Gasteiger partial charge < -0.3 is 4.90 Å². The van der Waals surface area contributed by atoms with Crippen LogP contribution in [0.15, 0.2) is 29.1 Å². The SMILES string of the molecule is CC1CN(c2nc(=O)n(C)c3ccc(C#N)nc23)CCN1C(C)c1cc(F)c(F)c(P)c1. The van der Waals surface area contributed by atoms with Gasteiger partial charge in [-0.3, -0.25) is 9.47 Å². The Balaban J connectivity index is 1.64. The van der Waals surface area contributed by atoms with Gasteiger partial charge in [0.25, 0.3) is 0 Å². The maximum atomic E-state index is 13.9. The van der Waals surface area contributed by atoms with E-state index in [1.165, 1.54) is 10.6 Å². The van der Waals surface area contributed by atoms with Crippen LogP contribution in [0.2, 0.25) is 0 Å². The predicted octanol–water partition coefficient (Wildman–Crippen LogP) is 2.25. The second-order valence-corrected chi connectivity index (χ2v) is 8.69. The minimum absolute atomic E-state index is 0.0416. The van der Waals surface area contributed by atoms with Crippen LogP contribution in [0.3, 0.4) is 0 Å². The second-order valence-electron chi connectivity index (χ2n) is 8.07. The quantitative estimate of drug-likeness (QED) is 0.563. The van der Waals surface area contributed by atoms with E-state index >= 15 is 0 Å². The number of piperazine rings is 1. The standard InChI is InChI=1S/C22H23F2N6OP/c1-12-11-29(6-7-30(12)13(2)14-8-16(23)19(24)18(32)9-14)21-20-17(28(3)22(31)27-21)5-4-15(10-25)26-20/h4-5,8-9,12-13H,6-7,11,32H2,1-3H3. The summed E-state index contributed by atoms with van der Waals surface area (Å²) >= 11 is 0. The normalized spacial score (nSPS) is 18.0. The van der Waals surface area contributed by atoms with Gasteiger partial charge >= 0.3 is 5.69 Å². The summed E-state index contributed by atoms with van der Waals surface area (Å²) in [6, 6.07) is 8.13. The molecule has 0 aliphatic carbocycles. The van der Waals surface area contributed by atoms with Crippen LogP contribution in [0.5, 0.6) is 0 Å². The van der Waals surface area contributed by atoms with Crippen molar-refractivity contribution in [2.24, 2.45) is 7.05 Å². The number of aromatic nitrogens is 3. The van der Waals surface area contributed by atoms with E-state index in [0.717, 1.165) is 0 Å². The van der Waals surface area contributed by atoms with Gasteiger partial charge in [0.05, 0.1) is 5.52 Å². The molecule has 32 heavy (non-hydrogen) atoms. The summed E-state index contributed by atoms with van der Waals surface area (Å²) in [6.45, 7) is 5.77. The van der Waals surface area contributed by atoms with Crippen LogP contribution in [0, 0.1) is 23.0 Å². The molecule has 166 valence electrons. The first-order chi connectivity index (χ1) is 15.2. The smallest absolute Gasteiger partial charge is 0.349 e. The van der Waals surface area contributed by atoms with Crippen molar-refractivity contribution in [2.75, 3.05) is 24.5 Å². The van der Waals surface area contributed by atoms with Gasteiger partial charge in [-0.25, -0.2) is 18.6 Å². The van der Waals surface area contributed by atoms with Gasteiger partial charge in [-0.15, -0.1) is 9.24 Å². The molecule has 7 nitrogen and oxygen atoms in total. The van der Waals surface area contributed by atoms with Crippen molar-refractivity contribution in [3.63, 3.8) is 0 Å². The summed E-state index contributed by atoms with van der Waals surface area (Å²) < 4.78 is 29.1. The van der Waals surface area contributed by atoms with Crippen molar-refractivity contribution in [3.8, 4) is 6.07 Å². The molecule has 3 heterocycles. The van der Waals surface area contributed by atoms with E-state index in [9.17, 15) is 18.8 Å². The molecule has 0 bridgehead atoms. The first-order valence-electron chi connectivity index (χ1n) is 10.2. The lowest BCUT2D eigenvalue weighted by molar-refractivity contribution is 0.138. The van der Waals surface area contributed by atoms with Crippen molar-refractivity contribution in [3.05, 3.63) is 57.6 Å². The summed E-state index contributed by atoms with van der Waals surface area (Å²) in [4.78, 5) is 25.3. The van der Waals surface area contributed by atoms with Crippen LogP contribution in [0.4, 0.5) is 14.6 Å². The van der Waals surface area contributed by atoms with Crippen LogP contribution in [-0.2, 0) is 7.05 Å². The van der Waals surface area contributed by atoms with Crippen LogP contribution < -0.4 is 15.9 Å². The highest BCUT2D eigenvalue weighted by Gasteiger charge is 2.30. The molecular weight excluding hydrogens is 433 g/mol. The minimum Gasteiger partial charge on any atom is -0.352 e. The highest BCUT2D eigenvalue weighted by atomic mass is 31.0. The highest BCUT2D eigenvalue weighted by Crippen LogP contribution is 2.29. The number of aryl methyl sites for hydroxylation is 1. The number of benzene rings is 1. The first kappa shape index (κ1) is 22.3. The highest BCUT2D eigenvalue weighted by molar-refractivity contribution is 7.27. The predicted molar refractivity (Wildman–Crippen MR) is 122 cm³/mol. The molecule has 1 aromatic carbocycles. The maximum absolute atomic E-state index is 13.9. The van der Waals surface area contributed by atoms with E-state index in [1.54, 1.807) is 25.2 Å². The average molecular weight is 456 g/mol. The largest absolute Gasteiger partial charge is 0.352 e. The van der Waals surface area contributed by atoms with Crippen LogP contribution in [-0.4, -0.2) is 45.1 Å². The van der Waals surface area contributed by atoms with E-state index in [4.69, 9.17) is 0 Å². The number of anilines is 1. The molecule has 3 aromatic rings. The van der Waals surface area contributed by atoms with Gasteiger partial charge in [-0.1, -0.05) is 0 Å². The number of nitriles is 1. The fourth-order valence-corrected chi connectivity index (χ4v) is 4.63. The fraction of sp³-hybridized carbons (Fsp3) is 0.364. The Labute approximate surface area is 186 Å². The molecule has 0 spiro atoms. The minimum atomic E-state index is -0.860. The number of pyridine rings is 1. The van der Waals surface area contributed by atoms with Gasteiger partial charge in [0, 0.05) is 44.1 Å². The van der Waals surface area contributed by atoms with Crippen LogP contribution in [0.1, 0.15) is 31.1 Å². The molecule has 1 fully saturated rings. The van der Waals surface area contributed by atoms with Crippen molar-refractivity contribution in [1.29, 1.82) is 5.26 Å². The number of fused-ring (bicyclic) bond motifs is 1. The molecular formula is C22H23F2N6OP. The van der Waals surface area contributed by atoms with Crippen molar-refractivity contribution >= 4 is 31.4 Å². The number of halogens is 2. The Kier molecular flexibility index (Phi) is 5.93. The molecule has 10 heteroatoms. The lowest BCUT2D eigenvalue weighted by Gasteiger charge is -2.43. The Bertz CT molecular complexity index is 1280. The zero-order chi connectivity index (χ0) is 23.2. The summed E-state index contributed by atoms with van der Waals surface area (Å²) in [7, 11) is 3.86. The van der Waals surface area contributed by atoms with Gasteiger partial charge in [0.1, 0.15) is 17.3 Å². The van der Waals surface area contributed by atoms with E-state index < -0.39 is 17.3 Å². The van der Waals surface area contributed by atoms with Crippen LogP contribution >= 0.6 is 9.24 Å². The van der Waals surface area contributed by atoms with Gasteiger partial charge in [-0.2, -0.15) is 10.2 Å². The molecule has 0 saturated carbocycles. The molecule has 1 aliphatic rings. The summed E-state index contributed by atoms with van der Waals surface area (Å²) in [5.74, 6) is -1.25. The molecule has 4 rings (SSSR count). The number of hydrogen-bond donors (Lipinski definition) is 0. The number of hydrogen-bond acceptors (Lipinski definition) is 6. The summed E-state index contributed by atoms with van der Waals surface area (Å²) in [5.41, 5.74) is 1.68. The summed E-state index contributed by atoms with van der Waals surface area (Å²) in [6.07, 6.45) is 0. The zero-order valence-corrected chi connectivity index (χ0v) is 19.2. The lowest BCUT2D eigenvalue weighted by atomic mass is 10.0. The number of rotatable bonds is 3. The molecule has 0 amide bonds. The fourth-order valence-electron chi connectivity index (χ4n) is 4.30. The Morgan fingerprint density at radius 1 is 1.25 bits per heavy atom. The molecule has 0 radical (unpaired) electrons. The Morgan fingerprint density at radius 2 is 2.00 bits per heavy atom.